The summed E-state index contributed by atoms with van der Waals surface area (Å²) in [6.07, 6.45) is 2.63. The zero-order chi connectivity index (χ0) is 24.7. The molecular weight excluding hydrogens is 467 g/mol. The van der Waals surface area contributed by atoms with Crippen LogP contribution in [0, 0.1) is 11.2 Å². The lowest BCUT2D eigenvalue weighted by Crippen LogP contribution is -2.50. The van der Waals surface area contributed by atoms with Gasteiger partial charge in [0.25, 0.3) is 0 Å². The molecule has 3 rings (SSSR count). The summed E-state index contributed by atoms with van der Waals surface area (Å²) in [5.74, 6) is -1.24. The molecule has 1 aromatic carbocycles. The molecule has 2 aromatic rings. The number of halogens is 1. The van der Waals surface area contributed by atoms with E-state index < -0.39 is 21.8 Å². The number of rotatable bonds is 10. The van der Waals surface area contributed by atoms with Crippen molar-refractivity contribution in [2.75, 3.05) is 50.5 Å². The number of aromatic nitrogens is 2. The Morgan fingerprint density at radius 1 is 1.21 bits per heavy atom. The Balaban J connectivity index is 1.64. The molecule has 2 heterocycles. The molecule has 0 unspecified atom stereocenters. The summed E-state index contributed by atoms with van der Waals surface area (Å²) in [5, 5.41) is 7.10. The first-order valence-corrected chi connectivity index (χ1v) is 12.1. The van der Waals surface area contributed by atoms with Crippen molar-refractivity contribution in [3.05, 3.63) is 42.0 Å². The van der Waals surface area contributed by atoms with Crippen LogP contribution >= 0.6 is 0 Å². The number of hydrogen-bond donors (Lipinski definition) is 2. The minimum Gasteiger partial charge on any atom is -0.460 e. The number of esters is 1. The Kier molecular flexibility index (Phi) is 8.47. The molecule has 1 aliphatic heterocycles. The van der Waals surface area contributed by atoms with Crippen LogP contribution in [0.1, 0.15) is 12.0 Å². The van der Waals surface area contributed by atoms with E-state index in [0.717, 1.165) is 0 Å². The van der Waals surface area contributed by atoms with Gasteiger partial charge in [0, 0.05) is 62.4 Å². The molecule has 0 atom stereocenters. The van der Waals surface area contributed by atoms with Gasteiger partial charge in [0.2, 0.25) is 16.0 Å². The highest BCUT2D eigenvalue weighted by Gasteiger charge is 2.27. The number of nitrogens with two attached hydrogens (primary N) is 1. The van der Waals surface area contributed by atoms with Crippen LogP contribution in [-0.4, -0.2) is 80.1 Å². The van der Waals surface area contributed by atoms with Crippen LogP contribution in [0.5, 0.6) is 0 Å². The van der Waals surface area contributed by atoms with E-state index in [4.69, 9.17) is 20.6 Å². The molecular formula is C21H27FN6O5S. The lowest BCUT2D eigenvalue weighted by Gasteiger charge is -2.33. The Morgan fingerprint density at radius 3 is 2.50 bits per heavy atom. The highest BCUT2D eigenvalue weighted by molar-refractivity contribution is 7.89. The molecule has 13 heteroatoms. The quantitative estimate of drug-likeness (QED) is 0.277. The average Bonchev–Trinajstić information content (AvgIpc) is 2.82. The van der Waals surface area contributed by atoms with Crippen molar-refractivity contribution < 1.29 is 27.1 Å². The van der Waals surface area contributed by atoms with Crippen molar-refractivity contribution in [1.29, 1.82) is 5.41 Å². The van der Waals surface area contributed by atoms with Gasteiger partial charge in [0.05, 0.1) is 12.4 Å². The van der Waals surface area contributed by atoms with E-state index in [9.17, 15) is 17.6 Å². The van der Waals surface area contributed by atoms with E-state index in [0.29, 0.717) is 37.7 Å². The SMILES string of the molecule is COCCS(=O)(=O)N1CCN(c2ncc(-c3cccc(COC(=O)CC(=N)N)c3F)cn2)CC1. The largest absolute Gasteiger partial charge is 0.460 e. The number of benzene rings is 1. The molecule has 1 saturated heterocycles. The molecule has 11 nitrogen and oxygen atoms in total. The average molecular weight is 495 g/mol. The van der Waals surface area contributed by atoms with Gasteiger partial charge >= 0.3 is 5.97 Å². The molecule has 1 fully saturated rings. The number of piperazine rings is 1. The van der Waals surface area contributed by atoms with Gasteiger partial charge in [-0.15, -0.1) is 0 Å². The number of nitrogens with one attached hydrogen (secondary N) is 1. The molecule has 0 amide bonds. The molecule has 34 heavy (non-hydrogen) atoms. The zero-order valence-electron chi connectivity index (χ0n) is 18.7. The van der Waals surface area contributed by atoms with Gasteiger partial charge < -0.3 is 20.1 Å². The highest BCUT2D eigenvalue weighted by Crippen LogP contribution is 2.25. The van der Waals surface area contributed by atoms with Crippen LogP contribution < -0.4 is 10.6 Å². The predicted molar refractivity (Wildman–Crippen MR) is 123 cm³/mol. The normalized spacial score (nSPS) is 14.7. The Morgan fingerprint density at radius 2 is 1.88 bits per heavy atom. The van der Waals surface area contributed by atoms with E-state index in [1.54, 1.807) is 12.1 Å². The fourth-order valence-corrected chi connectivity index (χ4v) is 4.74. The van der Waals surface area contributed by atoms with E-state index in [1.165, 1.54) is 29.9 Å². The van der Waals surface area contributed by atoms with Gasteiger partial charge in [-0.25, -0.2) is 22.8 Å². The molecule has 184 valence electrons. The van der Waals surface area contributed by atoms with E-state index in [1.807, 2.05) is 4.90 Å². The first-order chi connectivity index (χ1) is 16.2. The van der Waals surface area contributed by atoms with Crippen LogP contribution in [0.4, 0.5) is 10.3 Å². The zero-order valence-corrected chi connectivity index (χ0v) is 19.6. The second kappa shape index (κ2) is 11.3. The highest BCUT2D eigenvalue weighted by atomic mass is 32.2. The molecule has 0 saturated carbocycles. The molecule has 0 bridgehead atoms. The maximum absolute atomic E-state index is 15.0. The topological polar surface area (TPSA) is 152 Å². The standard InChI is InChI=1S/C21H27FN6O5S/c1-32-9-10-34(30,31)28-7-5-27(6-8-28)21-25-12-16(13-26-21)17-4-2-3-15(20(17)22)14-33-19(29)11-18(23)24/h2-4,12-13H,5-11,14H2,1H3,(H3,23,24). The monoisotopic (exact) mass is 494 g/mol. The predicted octanol–water partition coefficient (Wildman–Crippen LogP) is 0.750. The summed E-state index contributed by atoms with van der Waals surface area (Å²) in [5.41, 5.74) is 6.02. The number of anilines is 1. The minimum atomic E-state index is -3.37. The lowest BCUT2D eigenvalue weighted by atomic mass is 10.1. The third kappa shape index (κ3) is 6.46. The maximum atomic E-state index is 15.0. The molecule has 3 N–H and O–H groups in total. The van der Waals surface area contributed by atoms with Crippen molar-refractivity contribution >= 4 is 27.8 Å². The summed E-state index contributed by atoms with van der Waals surface area (Å²) in [4.78, 5) is 22.1. The lowest BCUT2D eigenvalue weighted by molar-refractivity contribution is -0.143. The number of sulfonamides is 1. The number of hydrogen-bond acceptors (Lipinski definition) is 9. The van der Waals surface area contributed by atoms with E-state index >= 15 is 0 Å². The Hall–Kier alpha value is -3.16. The summed E-state index contributed by atoms with van der Waals surface area (Å²) < 4.78 is 50.8. The van der Waals surface area contributed by atoms with Crippen molar-refractivity contribution in [2.24, 2.45) is 5.73 Å². The molecule has 0 spiro atoms. The molecule has 1 aliphatic rings. The van der Waals surface area contributed by atoms with Gasteiger partial charge in [0.15, 0.2) is 0 Å². The van der Waals surface area contributed by atoms with Crippen LogP contribution in [0.15, 0.2) is 30.6 Å². The Bertz CT molecular complexity index is 1120. The summed E-state index contributed by atoms with van der Waals surface area (Å²) in [7, 11) is -1.91. The smallest absolute Gasteiger partial charge is 0.313 e. The van der Waals surface area contributed by atoms with Crippen molar-refractivity contribution in [3.8, 4) is 11.1 Å². The number of methoxy groups -OCH3 is 1. The van der Waals surface area contributed by atoms with E-state index in [2.05, 4.69) is 9.97 Å². The second-order valence-corrected chi connectivity index (χ2v) is 9.70. The van der Waals surface area contributed by atoms with Crippen LogP contribution in [-0.2, 0) is 30.9 Å². The van der Waals surface area contributed by atoms with Gasteiger partial charge in [0.1, 0.15) is 24.7 Å². The van der Waals surface area contributed by atoms with Crippen LogP contribution in [0.2, 0.25) is 0 Å². The third-order valence-electron chi connectivity index (χ3n) is 5.21. The van der Waals surface area contributed by atoms with Crippen molar-refractivity contribution in [2.45, 2.75) is 13.0 Å². The molecule has 0 radical (unpaired) electrons. The molecule has 0 aliphatic carbocycles. The third-order valence-corrected chi connectivity index (χ3v) is 7.05. The first-order valence-electron chi connectivity index (χ1n) is 10.5. The number of carbonyl (C=O) groups is 1. The summed E-state index contributed by atoms with van der Waals surface area (Å²) in [6, 6.07) is 4.69. The van der Waals surface area contributed by atoms with Crippen LogP contribution in [0.3, 0.4) is 0 Å². The number of nitrogens with zero attached hydrogens (tertiary/aromatic N) is 4. The number of amidine groups is 1. The minimum absolute atomic E-state index is 0.0603. The summed E-state index contributed by atoms with van der Waals surface area (Å²) >= 11 is 0. The van der Waals surface area contributed by atoms with Gasteiger partial charge in [-0.1, -0.05) is 18.2 Å². The summed E-state index contributed by atoms with van der Waals surface area (Å²) in [6.45, 7) is 1.35. The van der Waals surface area contributed by atoms with Gasteiger partial charge in [-0.05, 0) is 0 Å². The number of ether oxygens (including phenoxy) is 2. The van der Waals surface area contributed by atoms with Gasteiger partial charge in [-0.2, -0.15) is 4.31 Å². The Labute approximate surface area is 197 Å². The number of carbonyl (C=O) groups excluding carboxylic acids is 1. The van der Waals surface area contributed by atoms with Crippen molar-refractivity contribution in [1.82, 2.24) is 14.3 Å². The van der Waals surface area contributed by atoms with Crippen molar-refractivity contribution in [3.63, 3.8) is 0 Å². The van der Waals surface area contributed by atoms with E-state index in [-0.39, 0.29) is 42.3 Å². The van der Waals surface area contributed by atoms with Gasteiger partial charge in [-0.3, -0.25) is 10.2 Å². The maximum Gasteiger partial charge on any atom is 0.313 e. The molecule has 1 aromatic heterocycles. The first kappa shape index (κ1) is 25.5. The fraction of sp³-hybridized carbons (Fsp3) is 0.429. The van der Waals surface area contributed by atoms with Crippen LogP contribution in [0.25, 0.3) is 11.1 Å². The second-order valence-electron chi connectivity index (χ2n) is 7.61. The fourth-order valence-electron chi connectivity index (χ4n) is 3.39.